The van der Waals surface area contributed by atoms with Crippen molar-refractivity contribution in [3.63, 3.8) is 0 Å². The first-order chi connectivity index (χ1) is 8.52. The van der Waals surface area contributed by atoms with Gasteiger partial charge < -0.3 is 16.9 Å². The molecule has 0 aliphatic heterocycles. The predicted octanol–water partition coefficient (Wildman–Crippen LogP) is 0.749. The van der Waals surface area contributed by atoms with Crippen LogP contribution in [0.5, 0.6) is 0 Å². The third-order valence-electron chi connectivity index (χ3n) is 2.05. The minimum absolute atomic E-state index is 0.0182. The van der Waals surface area contributed by atoms with E-state index in [1.165, 1.54) is 6.92 Å². The molecule has 1 aromatic rings. The largest absolute Gasteiger partial charge is 0.377 e. The minimum atomic E-state index is -0.220. The summed E-state index contributed by atoms with van der Waals surface area (Å²) >= 11 is 1.05. The van der Waals surface area contributed by atoms with Crippen LogP contribution in [0.4, 0.5) is 5.69 Å². The number of nitrogens with one attached hydrogen (secondary N) is 1. The number of hydrazone groups is 1. The Hall–Kier alpha value is -2.02. The first kappa shape index (κ1) is 14.0. The van der Waals surface area contributed by atoms with E-state index in [0.717, 1.165) is 11.8 Å². The summed E-state index contributed by atoms with van der Waals surface area (Å²) in [7, 11) is 0. The molecule has 5 N–H and O–H groups in total. The number of rotatable bonds is 4. The van der Waals surface area contributed by atoms with Crippen molar-refractivity contribution in [1.29, 1.82) is 0 Å². The van der Waals surface area contributed by atoms with E-state index in [1.54, 1.807) is 24.3 Å². The number of carbonyl (C=O) groups excluding carboxylic acids is 2. The van der Waals surface area contributed by atoms with Crippen LogP contribution in [0.2, 0.25) is 0 Å². The number of benzene rings is 1. The highest BCUT2D eigenvalue weighted by Gasteiger charge is 2.05. The number of anilines is 1. The van der Waals surface area contributed by atoms with E-state index in [2.05, 4.69) is 10.4 Å². The van der Waals surface area contributed by atoms with Gasteiger partial charge in [0.05, 0.1) is 5.75 Å². The molecule has 7 heteroatoms. The molecule has 96 valence electrons. The Morgan fingerprint density at radius 1 is 1.33 bits per heavy atom. The number of carbonyl (C=O) groups is 2. The molecule has 0 saturated carbocycles. The van der Waals surface area contributed by atoms with Crippen molar-refractivity contribution in [2.75, 3.05) is 11.1 Å². The number of amidine groups is 1. The van der Waals surface area contributed by atoms with Gasteiger partial charge in [-0.05, 0) is 31.2 Å². The Bertz CT molecular complexity index is 470. The highest BCUT2D eigenvalue weighted by Crippen LogP contribution is 2.10. The molecule has 6 nitrogen and oxygen atoms in total. The van der Waals surface area contributed by atoms with E-state index in [1.807, 2.05) is 0 Å². The van der Waals surface area contributed by atoms with E-state index in [-0.39, 0.29) is 22.6 Å². The van der Waals surface area contributed by atoms with E-state index >= 15 is 0 Å². The van der Waals surface area contributed by atoms with Crippen LogP contribution in [-0.4, -0.2) is 22.6 Å². The van der Waals surface area contributed by atoms with Gasteiger partial charge in [-0.1, -0.05) is 11.8 Å². The smallest absolute Gasteiger partial charge is 0.234 e. The van der Waals surface area contributed by atoms with E-state index < -0.39 is 0 Å². The van der Waals surface area contributed by atoms with Crippen molar-refractivity contribution >= 4 is 34.3 Å². The number of amides is 1. The van der Waals surface area contributed by atoms with E-state index in [9.17, 15) is 9.59 Å². The van der Waals surface area contributed by atoms with Crippen LogP contribution in [0.15, 0.2) is 29.4 Å². The molecule has 0 unspecified atom stereocenters. The SMILES string of the molecule is CC(=O)c1ccc(NC(=O)CSC(N)=NN)cc1. The maximum atomic E-state index is 11.5. The van der Waals surface area contributed by atoms with Gasteiger partial charge in [0.1, 0.15) is 0 Å². The van der Waals surface area contributed by atoms with Crippen LogP contribution in [-0.2, 0) is 4.79 Å². The zero-order valence-corrected chi connectivity index (χ0v) is 10.7. The van der Waals surface area contributed by atoms with Gasteiger partial charge in [0.25, 0.3) is 0 Å². The lowest BCUT2D eigenvalue weighted by Crippen LogP contribution is -2.18. The van der Waals surface area contributed by atoms with Gasteiger partial charge >= 0.3 is 0 Å². The van der Waals surface area contributed by atoms with E-state index in [0.29, 0.717) is 11.3 Å². The van der Waals surface area contributed by atoms with Crippen LogP contribution in [0, 0.1) is 0 Å². The zero-order chi connectivity index (χ0) is 13.5. The minimum Gasteiger partial charge on any atom is -0.377 e. The molecular formula is C11H14N4O2S. The number of nitrogens with zero attached hydrogens (tertiary/aromatic N) is 1. The summed E-state index contributed by atoms with van der Waals surface area (Å²) in [5.74, 6) is 4.82. The van der Waals surface area contributed by atoms with Gasteiger partial charge in [-0.3, -0.25) is 9.59 Å². The molecule has 1 rings (SSSR count). The molecule has 0 heterocycles. The first-order valence-electron chi connectivity index (χ1n) is 5.10. The number of Topliss-reactive ketones (excluding diaryl/α,β-unsaturated/α-hetero) is 1. The van der Waals surface area contributed by atoms with Crippen molar-refractivity contribution in [2.45, 2.75) is 6.92 Å². The van der Waals surface area contributed by atoms with Gasteiger partial charge in [-0.2, -0.15) is 5.10 Å². The average molecular weight is 266 g/mol. The van der Waals surface area contributed by atoms with Gasteiger partial charge in [-0.25, -0.2) is 0 Å². The van der Waals surface area contributed by atoms with E-state index in [4.69, 9.17) is 11.6 Å². The molecule has 0 saturated heterocycles. The summed E-state index contributed by atoms with van der Waals surface area (Å²) in [6.45, 7) is 1.49. The molecule has 0 radical (unpaired) electrons. The molecule has 0 atom stereocenters. The Morgan fingerprint density at radius 2 is 1.94 bits per heavy atom. The fraction of sp³-hybridized carbons (Fsp3) is 0.182. The van der Waals surface area contributed by atoms with Crippen molar-refractivity contribution in [3.8, 4) is 0 Å². The fourth-order valence-electron chi connectivity index (χ4n) is 1.16. The molecule has 0 bridgehead atoms. The molecule has 18 heavy (non-hydrogen) atoms. The van der Waals surface area contributed by atoms with Crippen LogP contribution in [0.3, 0.4) is 0 Å². The molecule has 0 aromatic heterocycles. The number of hydrogen-bond acceptors (Lipinski definition) is 5. The molecule has 0 spiro atoms. The second-order valence-corrected chi connectivity index (χ2v) is 4.43. The number of ketones is 1. The standard InChI is InChI=1S/C11H14N4O2S/c1-7(16)8-2-4-9(5-3-8)14-10(17)6-18-11(12)15-13/h2-5H,6,13H2,1H3,(H2,12,15)(H,14,17). The second kappa shape index (κ2) is 6.65. The third kappa shape index (κ3) is 4.46. The zero-order valence-electron chi connectivity index (χ0n) is 9.84. The molecule has 1 amide bonds. The highest BCUT2D eigenvalue weighted by molar-refractivity contribution is 8.14. The number of nitrogens with two attached hydrogens (primary N) is 2. The van der Waals surface area contributed by atoms with Gasteiger partial charge in [0.15, 0.2) is 11.0 Å². The maximum absolute atomic E-state index is 11.5. The monoisotopic (exact) mass is 266 g/mol. The lowest BCUT2D eigenvalue weighted by molar-refractivity contribution is -0.113. The van der Waals surface area contributed by atoms with Crippen molar-refractivity contribution in [1.82, 2.24) is 0 Å². The summed E-state index contributed by atoms with van der Waals surface area (Å²) in [4.78, 5) is 22.6. The summed E-state index contributed by atoms with van der Waals surface area (Å²) in [5.41, 5.74) is 6.56. The Labute approximate surface area is 109 Å². The average Bonchev–Trinajstić information content (AvgIpc) is 2.36. The molecule has 0 aliphatic carbocycles. The van der Waals surface area contributed by atoms with Crippen LogP contribution in [0.25, 0.3) is 0 Å². The van der Waals surface area contributed by atoms with Crippen LogP contribution in [0.1, 0.15) is 17.3 Å². The predicted molar refractivity (Wildman–Crippen MR) is 73.3 cm³/mol. The Morgan fingerprint density at radius 3 is 2.44 bits per heavy atom. The van der Waals surface area contributed by atoms with Gasteiger partial charge in [0.2, 0.25) is 5.91 Å². The summed E-state index contributed by atoms with van der Waals surface area (Å²) in [6, 6.07) is 6.64. The third-order valence-corrected chi connectivity index (χ3v) is 2.86. The second-order valence-electron chi connectivity index (χ2n) is 3.44. The first-order valence-corrected chi connectivity index (χ1v) is 6.08. The summed E-state index contributed by atoms with van der Waals surface area (Å²) < 4.78 is 0. The van der Waals surface area contributed by atoms with Crippen molar-refractivity contribution < 1.29 is 9.59 Å². The van der Waals surface area contributed by atoms with Crippen molar-refractivity contribution in [2.24, 2.45) is 16.7 Å². The fourth-order valence-corrected chi connectivity index (χ4v) is 1.59. The lowest BCUT2D eigenvalue weighted by atomic mass is 10.1. The molecule has 1 aromatic carbocycles. The number of thioether (sulfide) groups is 1. The topological polar surface area (TPSA) is 111 Å². The highest BCUT2D eigenvalue weighted by atomic mass is 32.2. The molecule has 0 aliphatic rings. The van der Waals surface area contributed by atoms with Gasteiger partial charge in [0, 0.05) is 11.3 Å². The number of hydrogen-bond donors (Lipinski definition) is 3. The Balaban J connectivity index is 2.52. The lowest BCUT2D eigenvalue weighted by Gasteiger charge is -2.05. The summed E-state index contributed by atoms with van der Waals surface area (Å²) in [5, 5.41) is 6.05. The van der Waals surface area contributed by atoms with Crippen LogP contribution >= 0.6 is 11.8 Å². The quantitative estimate of drug-likeness (QED) is 0.245. The molecular weight excluding hydrogens is 252 g/mol. The maximum Gasteiger partial charge on any atom is 0.234 e. The van der Waals surface area contributed by atoms with Gasteiger partial charge in [-0.15, -0.1) is 0 Å². The van der Waals surface area contributed by atoms with Crippen LogP contribution < -0.4 is 16.9 Å². The normalized spacial score (nSPS) is 11.1. The summed E-state index contributed by atoms with van der Waals surface area (Å²) in [6.07, 6.45) is 0. The van der Waals surface area contributed by atoms with Crippen molar-refractivity contribution in [3.05, 3.63) is 29.8 Å². The molecule has 0 fully saturated rings. The Kier molecular flexibility index (Phi) is 5.19.